The Kier molecular flexibility index (Phi) is 6.61. The first-order valence-electron chi connectivity index (χ1n) is 8.16. The maximum atomic E-state index is 12.1. The molecule has 0 aliphatic heterocycles. The zero-order valence-electron chi connectivity index (χ0n) is 14.0. The van der Waals surface area contributed by atoms with E-state index in [2.05, 4.69) is 4.98 Å². The van der Waals surface area contributed by atoms with Crippen LogP contribution >= 0.6 is 11.8 Å². The molecule has 24 heavy (non-hydrogen) atoms. The normalized spacial score (nSPS) is 12.2. The van der Waals surface area contributed by atoms with Crippen molar-refractivity contribution in [3.63, 3.8) is 0 Å². The maximum absolute atomic E-state index is 12.1. The summed E-state index contributed by atoms with van der Waals surface area (Å²) >= 11 is 1.41. The van der Waals surface area contributed by atoms with Crippen LogP contribution in [0.1, 0.15) is 37.1 Å². The third-order valence-corrected chi connectivity index (χ3v) is 4.75. The topological polar surface area (TPSA) is 72.2 Å². The lowest BCUT2D eigenvalue weighted by molar-refractivity contribution is -0.137. The van der Waals surface area contributed by atoms with Gasteiger partial charge in [-0.1, -0.05) is 55.9 Å². The summed E-state index contributed by atoms with van der Waals surface area (Å²) in [6.07, 6.45) is 2.34. The van der Waals surface area contributed by atoms with Crippen LogP contribution in [-0.4, -0.2) is 20.6 Å². The van der Waals surface area contributed by atoms with Crippen LogP contribution in [0.4, 0.5) is 0 Å². The number of benzene rings is 1. The summed E-state index contributed by atoms with van der Waals surface area (Å²) < 4.78 is 1.69. The summed E-state index contributed by atoms with van der Waals surface area (Å²) in [6, 6.07) is 9.86. The van der Waals surface area contributed by atoms with E-state index in [4.69, 9.17) is 5.11 Å². The number of hydrogen-bond donors (Lipinski definition) is 1. The van der Waals surface area contributed by atoms with Gasteiger partial charge in [-0.15, -0.1) is 0 Å². The monoisotopic (exact) mass is 346 g/mol. The van der Waals surface area contributed by atoms with Crippen LogP contribution in [0.25, 0.3) is 0 Å². The van der Waals surface area contributed by atoms with Crippen molar-refractivity contribution in [2.24, 2.45) is 0 Å². The Morgan fingerprint density at radius 3 is 2.62 bits per heavy atom. The molecule has 1 aliphatic rings. The highest BCUT2D eigenvalue weighted by Crippen LogP contribution is 2.26. The van der Waals surface area contributed by atoms with Crippen molar-refractivity contribution in [3.8, 4) is 0 Å². The number of aromatic nitrogens is 2. The number of carboxylic acids is 1. The third kappa shape index (κ3) is 4.26. The summed E-state index contributed by atoms with van der Waals surface area (Å²) in [5, 5.41) is 9.64. The summed E-state index contributed by atoms with van der Waals surface area (Å²) in [5.74, 6) is -0.257. The molecule has 2 aromatic rings. The molecule has 1 N–H and O–H groups in total. The van der Waals surface area contributed by atoms with Crippen molar-refractivity contribution < 1.29 is 9.90 Å². The molecule has 0 radical (unpaired) electrons. The van der Waals surface area contributed by atoms with Crippen LogP contribution < -0.4 is 5.56 Å². The van der Waals surface area contributed by atoms with Gasteiger partial charge in [-0.05, 0) is 24.8 Å². The average molecular weight is 346 g/mol. The number of aliphatic carboxylic acids is 1. The molecular formula is C18H22N2O3S. The van der Waals surface area contributed by atoms with Gasteiger partial charge in [0.1, 0.15) is 6.54 Å². The molecule has 1 aliphatic carbocycles. The van der Waals surface area contributed by atoms with Crippen molar-refractivity contribution in [2.45, 2.75) is 50.6 Å². The van der Waals surface area contributed by atoms with E-state index in [1.165, 1.54) is 11.8 Å². The Morgan fingerprint density at radius 2 is 1.96 bits per heavy atom. The van der Waals surface area contributed by atoms with Gasteiger partial charge in [0.25, 0.3) is 5.56 Å². The molecule has 1 heterocycles. The molecule has 6 heteroatoms. The largest absolute Gasteiger partial charge is 0.480 e. The number of fused-ring (bicyclic) bond motifs is 1. The second-order valence-electron chi connectivity index (χ2n) is 5.23. The summed E-state index contributed by atoms with van der Waals surface area (Å²) in [6.45, 7) is 3.85. The first-order valence-corrected chi connectivity index (χ1v) is 9.15. The zero-order valence-corrected chi connectivity index (χ0v) is 14.8. The lowest BCUT2D eigenvalue weighted by Crippen LogP contribution is -2.24. The van der Waals surface area contributed by atoms with E-state index < -0.39 is 5.97 Å². The molecular weight excluding hydrogens is 324 g/mol. The Hall–Kier alpha value is -2.08. The standard InChI is InChI=1S/C16H16N2O3S.C2H6/c19-14(20)9-18-13-8-4-7-12(13)15(21)17-16(18)22-10-11-5-2-1-3-6-11;1-2/h1-3,5-6H,4,7-10H2,(H,19,20);1-2H3. The van der Waals surface area contributed by atoms with E-state index in [1.807, 2.05) is 44.2 Å². The minimum absolute atomic E-state index is 0.146. The van der Waals surface area contributed by atoms with Gasteiger partial charge in [0.05, 0.1) is 0 Å². The lowest BCUT2D eigenvalue weighted by atomic mass is 10.2. The molecule has 128 valence electrons. The van der Waals surface area contributed by atoms with E-state index in [9.17, 15) is 9.59 Å². The molecule has 1 aromatic heterocycles. The Bertz CT molecular complexity index is 757. The van der Waals surface area contributed by atoms with Crippen molar-refractivity contribution >= 4 is 17.7 Å². The molecule has 1 aromatic carbocycles. The second-order valence-corrected chi connectivity index (χ2v) is 6.17. The quantitative estimate of drug-likeness (QED) is 0.665. The third-order valence-electron chi connectivity index (χ3n) is 3.70. The first-order chi connectivity index (χ1) is 11.6. The molecule has 5 nitrogen and oxygen atoms in total. The molecule has 0 bridgehead atoms. The van der Waals surface area contributed by atoms with Gasteiger partial charge in [0.2, 0.25) is 0 Å². The molecule has 3 rings (SSSR count). The van der Waals surface area contributed by atoms with Gasteiger partial charge in [0, 0.05) is 17.0 Å². The summed E-state index contributed by atoms with van der Waals surface area (Å²) in [7, 11) is 0. The minimum atomic E-state index is -0.916. The van der Waals surface area contributed by atoms with E-state index in [-0.39, 0.29) is 12.1 Å². The highest BCUT2D eigenvalue weighted by Gasteiger charge is 2.22. The van der Waals surface area contributed by atoms with Gasteiger partial charge >= 0.3 is 5.97 Å². The molecule has 0 saturated heterocycles. The SMILES string of the molecule is CC.O=C(O)Cn1c(SCc2ccccc2)nc(=O)c2c1CCC2. The fraction of sp³-hybridized carbons (Fsp3) is 0.389. The number of hydrogen-bond acceptors (Lipinski definition) is 4. The Labute approximate surface area is 145 Å². The zero-order chi connectivity index (χ0) is 17.5. The highest BCUT2D eigenvalue weighted by atomic mass is 32.2. The van der Waals surface area contributed by atoms with Gasteiger partial charge < -0.3 is 9.67 Å². The smallest absolute Gasteiger partial charge is 0.323 e. The molecule has 0 fully saturated rings. The number of nitrogens with zero attached hydrogens (tertiary/aromatic N) is 2. The molecule has 0 amide bonds. The fourth-order valence-electron chi connectivity index (χ4n) is 2.72. The predicted octanol–water partition coefficient (Wildman–Crippen LogP) is 3.14. The van der Waals surface area contributed by atoms with Crippen molar-refractivity contribution in [2.75, 3.05) is 0 Å². The van der Waals surface area contributed by atoms with E-state index in [1.54, 1.807) is 4.57 Å². The van der Waals surface area contributed by atoms with Crippen molar-refractivity contribution in [1.29, 1.82) is 0 Å². The van der Waals surface area contributed by atoms with Gasteiger partial charge in [0.15, 0.2) is 5.16 Å². The minimum Gasteiger partial charge on any atom is -0.480 e. The van der Waals surface area contributed by atoms with Crippen LogP contribution in [0.5, 0.6) is 0 Å². The maximum Gasteiger partial charge on any atom is 0.323 e. The van der Waals surface area contributed by atoms with E-state index in [0.717, 1.165) is 24.1 Å². The van der Waals surface area contributed by atoms with Crippen LogP contribution in [0.2, 0.25) is 0 Å². The van der Waals surface area contributed by atoms with Gasteiger partial charge in [-0.3, -0.25) is 9.59 Å². The Balaban J connectivity index is 0.00000100. The number of thioether (sulfide) groups is 1. The summed E-state index contributed by atoms with van der Waals surface area (Å²) in [4.78, 5) is 27.4. The van der Waals surface area contributed by atoms with Crippen LogP contribution in [0.3, 0.4) is 0 Å². The summed E-state index contributed by atoms with van der Waals surface area (Å²) in [5.41, 5.74) is 2.44. The molecule has 0 saturated carbocycles. The molecule has 0 spiro atoms. The van der Waals surface area contributed by atoms with Gasteiger partial charge in [-0.25, -0.2) is 0 Å². The van der Waals surface area contributed by atoms with E-state index >= 15 is 0 Å². The second kappa shape index (κ2) is 8.68. The van der Waals surface area contributed by atoms with Crippen LogP contribution in [-0.2, 0) is 29.9 Å². The molecule has 0 unspecified atom stereocenters. The number of rotatable bonds is 5. The Morgan fingerprint density at radius 1 is 1.25 bits per heavy atom. The van der Waals surface area contributed by atoms with Crippen LogP contribution in [0.15, 0.2) is 40.3 Å². The predicted molar refractivity (Wildman–Crippen MR) is 95.5 cm³/mol. The number of carbonyl (C=O) groups is 1. The first kappa shape index (κ1) is 18.3. The van der Waals surface area contributed by atoms with E-state index in [0.29, 0.717) is 22.9 Å². The number of carboxylic acid groups (broad SMARTS) is 1. The lowest BCUT2D eigenvalue weighted by Gasteiger charge is -2.15. The van der Waals surface area contributed by atoms with Crippen molar-refractivity contribution in [3.05, 3.63) is 57.5 Å². The highest BCUT2D eigenvalue weighted by molar-refractivity contribution is 7.98. The van der Waals surface area contributed by atoms with Crippen molar-refractivity contribution in [1.82, 2.24) is 9.55 Å². The molecule has 0 atom stereocenters. The fourth-order valence-corrected chi connectivity index (χ4v) is 3.68. The van der Waals surface area contributed by atoms with Gasteiger partial charge in [-0.2, -0.15) is 4.98 Å². The van der Waals surface area contributed by atoms with Crippen LogP contribution in [0, 0.1) is 0 Å². The average Bonchev–Trinajstić information content (AvgIpc) is 3.09.